The van der Waals surface area contributed by atoms with Crippen molar-refractivity contribution in [3.63, 3.8) is 0 Å². The summed E-state index contributed by atoms with van der Waals surface area (Å²) in [6.07, 6.45) is 1.85. The van der Waals surface area contributed by atoms with Crippen LogP contribution >= 0.6 is 0 Å². The highest BCUT2D eigenvalue weighted by atomic mass is 16.2. The molecular weight excluding hydrogens is 278 g/mol. The van der Waals surface area contributed by atoms with Gasteiger partial charge in [0.05, 0.1) is 0 Å². The van der Waals surface area contributed by atoms with Gasteiger partial charge in [0.25, 0.3) is 0 Å². The molecule has 5 heteroatoms. The highest BCUT2D eigenvalue weighted by Gasteiger charge is 2.32. The summed E-state index contributed by atoms with van der Waals surface area (Å²) >= 11 is 0. The van der Waals surface area contributed by atoms with E-state index in [9.17, 15) is 9.59 Å². The molecule has 0 bridgehead atoms. The second-order valence-electron chi connectivity index (χ2n) is 5.87. The molecule has 0 spiro atoms. The van der Waals surface area contributed by atoms with Gasteiger partial charge in [0.15, 0.2) is 0 Å². The minimum atomic E-state index is -0.368. The van der Waals surface area contributed by atoms with Crippen molar-refractivity contribution in [1.82, 2.24) is 15.1 Å². The van der Waals surface area contributed by atoms with Crippen molar-refractivity contribution in [2.75, 3.05) is 33.2 Å². The molecule has 1 aliphatic rings. The third-order valence-electron chi connectivity index (χ3n) is 4.07. The maximum Gasteiger partial charge on any atom is 0.244 e. The first-order valence-electron chi connectivity index (χ1n) is 7.85. The average molecular weight is 303 g/mol. The minimum absolute atomic E-state index is 0.0301. The Bertz CT molecular complexity index is 504. The number of amides is 2. The van der Waals surface area contributed by atoms with Gasteiger partial charge in [-0.2, -0.15) is 0 Å². The van der Waals surface area contributed by atoms with Crippen molar-refractivity contribution < 1.29 is 9.59 Å². The maximum atomic E-state index is 12.3. The number of aryl methyl sites for hydroxylation is 1. The zero-order valence-electron chi connectivity index (χ0n) is 13.4. The zero-order valence-corrected chi connectivity index (χ0v) is 13.4. The molecule has 1 aromatic carbocycles. The fraction of sp³-hybridized carbons (Fsp3) is 0.529. The lowest BCUT2D eigenvalue weighted by molar-refractivity contribution is -0.142. The standard InChI is InChI=1S/C17H25N3O2/c1-14(21)20-12-11-19(2)13-16(20)17(22)18-10-6-9-15-7-4-3-5-8-15/h3-5,7-8,16H,6,9-13H2,1-2H3,(H,18,22)/t16-/m0/s1. The molecule has 0 unspecified atom stereocenters. The second-order valence-corrected chi connectivity index (χ2v) is 5.87. The van der Waals surface area contributed by atoms with E-state index in [0.29, 0.717) is 19.6 Å². The molecule has 1 aromatic rings. The number of benzene rings is 1. The van der Waals surface area contributed by atoms with Crippen LogP contribution in [0.1, 0.15) is 18.9 Å². The van der Waals surface area contributed by atoms with Gasteiger partial charge in [-0.1, -0.05) is 30.3 Å². The number of hydrogen-bond acceptors (Lipinski definition) is 3. The van der Waals surface area contributed by atoms with Crippen LogP contribution in [0.15, 0.2) is 30.3 Å². The van der Waals surface area contributed by atoms with Gasteiger partial charge in [-0.25, -0.2) is 0 Å². The molecule has 5 nitrogen and oxygen atoms in total. The van der Waals surface area contributed by atoms with Crippen LogP contribution in [0.25, 0.3) is 0 Å². The largest absolute Gasteiger partial charge is 0.354 e. The summed E-state index contributed by atoms with van der Waals surface area (Å²) in [6.45, 7) is 4.20. The highest BCUT2D eigenvalue weighted by Crippen LogP contribution is 2.09. The fourth-order valence-electron chi connectivity index (χ4n) is 2.79. The van der Waals surface area contributed by atoms with E-state index in [0.717, 1.165) is 19.4 Å². The van der Waals surface area contributed by atoms with E-state index in [2.05, 4.69) is 22.3 Å². The maximum absolute atomic E-state index is 12.3. The van der Waals surface area contributed by atoms with Crippen molar-refractivity contribution in [3.05, 3.63) is 35.9 Å². The van der Waals surface area contributed by atoms with Gasteiger partial charge in [-0.3, -0.25) is 9.59 Å². The monoisotopic (exact) mass is 303 g/mol. The van der Waals surface area contributed by atoms with Gasteiger partial charge in [0, 0.05) is 33.1 Å². The third-order valence-corrected chi connectivity index (χ3v) is 4.07. The van der Waals surface area contributed by atoms with Gasteiger partial charge in [0.1, 0.15) is 6.04 Å². The van der Waals surface area contributed by atoms with E-state index in [-0.39, 0.29) is 17.9 Å². The van der Waals surface area contributed by atoms with Crippen LogP contribution in [-0.4, -0.2) is 60.9 Å². The van der Waals surface area contributed by atoms with Crippen LogP contribution in [-0.2, 0) is 16.0 Å². The zero-order chi connectivity index (χ0) is 15.9. The Kier molecular flexibility index (Phi) is 5.95. The molecule has 0 saturated carbocycles. The van der Waals surface area contributed by atoms with Crippen LogP contribution in [0, 0.1) is 0 Å². The summed E-state index contributed by atoms with van der Waals surface area (Å²) in [6, 6.07) is 9.87. The molecule has 0 radical (unpaired) electrons. The van der Waals surface area contributed by atoms with Crippen LogP contribution in [0.4, 0.5) is 0 Å². The van der Waals surface area contributed by atoms with E-state index in [1.54, 1.807) is 4.90 Å². The van der Waals surface area contributed by atoms with Gasteiger partial charge in [-0.05, 0) is 25.5 Å². The third kappa shape index (κ3) is 4.56. The molecule has 2 amide bonds. The van der Waals surface area contributed by atoms with Crippen molar-refractivity contribution in [2.24, 2.45) is 0 Å². The van der Waals surface area contributed by atoms with Crippen LogP contribution in [0.5, 0.6) is 0 Å². The minimum Gasteiger partial charge on any atom is -0.354 e. The molecule has 1 N–H and O–H groups in total. The van der Waals surface area contributed by atoms with Crippen molar-refractivity contribution in [2.45, 2.75) is 25.8 Å². The molecule has 1 atom stereocenters. The van der Waals surface area contributed by atoms with Crippen molar-refractivity contribution >= 4 is 11.8 Å². The van der Waals surface area contributed by atoms with Gasteiger partial charge < -0.3 is 15.1 Å². The van der Waals surface area contributed by atoms with Gasteiger partial charge >= 0.3 is 0 Å². The summed E-state index contributed by atoms with van der Waals surface area (Å²) in [4.78, 5) is 27.8. The average Bonchev–Trinajstić information content (AvgIpc) is 2.52. The Morgan fingerprint density at radius 1 is 1.23 bits per heavy atom. The summed E-state index contributed by atoms with van der Waals surface area (Å²) in [5.74, 6) is -0.0765. The summed E-state index contributed by atoms with van der Waals surface area (Å²) in [5, 5.41) is 2.97. The van der Waals surface area contributed by atoms with Gasteiger partial charge in [-0.15, -0.1) is 0 Å². The van der Waals surface area contributed by atoms with E-state index >= 15 is 0 Å². The molecule has 1 aliphatic heterocycles. The lowest BCUT2D eigenvalue weighted by Crippen LogP contribution is -2.59. The molecule has 0 aromatic heterocycles. The smallest absolute Gasteiger partial charge is 0.244 e. The van der Waals surface area contributed by atoms with E-state index in [1.165, 1.54) is 12.5 Å². The molecule has 22 heavy (non-hydrogen) atoms. The van der Waals surface area contributed by atoms with Crippen LogP contribution in [0.3, 0.4) is 0 Å². The Labute approximate surface area is 132 Å². The first-order chi connectivity index (χ1) is 10.6. The molecule has 1 fully saturated rings. The van der Waals surface area contributed by atoms with E-state index < -0.39 is 0 Å². The normalized spacial score (nSPS) is 19.0. The molecular formula is C17H25N3O2. The Morgan fingerprint density at radius 2 is 1.95 bits per heavy atom. The molecule has 1 heterocycles. The van der Waals surface area contributed by atoms with E-state index in [1.807, 2.05) is 25.2 Å². The second kappa shape index (κ2) is 7.94. The molecule has 0 aliphatic carbocycles. The number of carbonyl (C=O) groups is 2. The molecule has 120 valence electrons. The highest BCUT2D eigenvalue weighted by molar-refractivity contribution is 5.87. The Hall–Kier alpha value is -1.88. The van der Waals surface area contributed by atoms with Crippen LogP contribution in [0.2, 0.25) is 0 Å². The predicted octanol–water partition coefficient (Wildman–Crippen LogP) is 0.898. The summed E-state index contributed by atoms with van der Waals surface area (Å²) < 4.78 is 0. The van der Waals surface area contributed by atoms with Crippen molar-refractivity contribution in [3.8, 4) is 0 Å². The number of nitrogens with zero attached hydrogens (tertiary/aromatic N) is 2. The number of hydrogen-bond donors (Lipinski definition) is 1. The topological polar surface area (TPSA) is 52.7 Å². The first kappa shape index (κ1) is 16.5. The molecule has 2 rings (SSSR count). The van der Waals surface area contributed by atoms with Gasteiger partial charge in [0.2, 0.25) is 11.8 Å². The number of nitrogens with one attached hydrogen (secondary N) is 1. The quantitative estimate of drug-likeness (QED) is 0.822. The lowest BCUT2D eigenvalue weighted by atomic mass is 10.1. The Balaban J connectivity index is 1.78. The predicted molar refractivity (Wildman–Crippen MR) is 86.4 cm³/mol. The number of likely N-dealkylation sites (N-methyl/N-ethyl adjacent to an activating group) is 1. The van der Waals surface area contributed by atoms with Crippen molar-refractivity contribution in [1.29, 1.82) is 0 Å². The lowest BCUT2D eigenvalue weighted by Gasteiger charge is -2.38. The summed E-state index contributed by atoms with van der Waals surface area (Å²) in [5.41, 5.74) is 1.28. The summed E-state index contributed by atoms with van der Waals surface area (Å²) in [7, 11) is 1.98. The number of piperazine rings is 1. The SMILES string of the molecule is CC(=O)N1CCN(C)C[C@H]1C(=O)NCCCc1ccccc1. The number of rotatable bonds is 5. The van der Waals surface area contributed by atoms with Crippen LogP contribution < -0.4 is 5.32 Å². The fourth-order valence-corrected chi connectivity index (χ4v) is 2.79. The Morgan fingerprint density at radius 3 is 2.64 bits per heavy atom. The number of carbonyl (C=O) groups excluding carboxylic acids is 2. The van der Waals surface area contributed by atoms with E-state index in [4.69, 9.17) is 0 Å². The first-order valence-corrected chi connectivity index (χ1v) is 7.85. The molecule has 1 saturated heterocycles.